The third-order valence-electron chi connectivity index (χ3n) is 4.81. The zero-order valence-electron chi connectivity index (χ0n) is 16.7. The molecule has 6 heteroatoms. The van der Waals surface area contributed by atoms with Gasteiger partial charge in [-0.2, -0.15) is 0 Å². The number of carbonyl (C=O) groups is 1. The molecule has 0 spiro atoms. The standard InChI is InChI=1S/C22H25N3O2S/c1-6-11-24-15(4)12-18(16(24)5)20(26)13-28-22-23-19-10-8-7-9-17(19)21(27)25(22)14(2)3/h6-10,12,14H,1,11,13H2,2-5H3. The molecule has 146 valence electrons. The van der Waals surface area contributed by atoms with Crippen LogP contribution in [0.5, 0.6) is 0 Å². The van der Waals surface area contributed by atoms with Crippen molar-refractivity contribution in [1.29, 1.82) is 0 Å². The maximum absolute atomic E-state index is 12.9. The molecular formula is C22H25N3O2S. The predicted molar refractivity (Wildman–Crippen MR) is 116 cm³/mol. The van der Waals surface area contributed by atoms with Gasteiger partial charge < -0.3 is 4.57 Å². The second-order valence-corrected chi connectivity index (χ2v) is 8.02. The van der Waals surface area contributed by atoms with E-state index < -0.39 is 0 Å². The number of aromatic nitrogens is 3. The van der Waals surface area contributed by atoms with E-state index in [0.717, 1.165) is 11.4 Å². The average Bonchev–Trinajstić information content (AvgIpc) is 2.94. The van der Waals surface area contributed by atoms with Crippen molar-refractivity contribution in [2.45, 2.75) is 45.4 Å². The Morgan fingerprint density at radius 2 is 2.00 bits per heavy atom. The lowest BCUT2D eigenvalue weighted by Gasteiger charge is -2.15. The van der Waals surface area contributed by atoms with Crippen molar-refractivity contribution in [1.82, 2.24) is 14.1 Å². The van der Waals surface area contributed by atoms with Gasteiger partial charge in [-0.1, -0.05) is 30.0 Å². The third kappa shape index (κ3) is 3.69. The topological polar surface area (TPSA) is 56.9 Å². The number of rotatable bonds is 7. The molecule has 3 rings (SSSR count). The highest BCUT2D eigenvalue weighted by molar-refractivity contribution is 7.99. The van der Waals surface area contributed by atoms with Gasteiger partial charge in [-0.3, -0.25) is 14.2 Å². The van der Waals surface area contributed by atoms with Crippen LogP contribution in [0.2, 0.25) is 0 Å². The number of thioether (sulfide) groups is 1. The Labute approximate surface area is 169 Å². The fourth-order valence-corrected chi connectivity index (χ4v) is 4.40. The molecule has 0 aliphatic heterocycles. The van der Waals surface area contributed by atoms with Gasteiger partial charge in [0.15, 0.2) is 10.9 Å². The van der Waals surface area contributed by atoms with Crippen LogP contribution in [0, 0.1) is 13.8 Å². The van der Waals surface area contributed by atoms with Gasteiger partial charge in [0, 0.05) is 29.5 Å². The van der Waals surface area contributed by atoms with Crippen LogP contribution >= 0.6 is 11.8 Å². The summed E-state index contributed by atoms with van der Waals surface area (Å²) in [4.78, 5) is 30.4. The molecule has 2 aromatic heterocycles. The maximum Gasteiger partial charge on any atom is 0.262 e. The summed E-state index contributed by atoms with van der Waals surface area (Å²) in [6, 6.07) is 9.20. The van der Waals surface area contributed by atoms with Crippen LogP contribution < -0.4 is 5.56 Å². The lowest BCUT2D eigenvalue weighted by molar-refractivity contribution is 0.102. The van der Waals surface area contributed by atoms with Gasteiger partial charge in [0.25, 0.3) is 5.56 Å². The Bertz CT molecular complexity index is 1110. The Hall–Kier alpha value is -2.60. The van der Waals surface area contributed by atoms with Crippen molar-refractivity contribution in [2.24, 2.45) is 0 Å². The van der Waals surface area contributed by atoms with E-state index in [9.17, 15) is 9.59 Å². The van der Waals surface area contributed by atoms with Gasteiger partial charge in [0.05, 0.1) is 16.7 Å². The summed E-state index contributed by atoms with van der Waals surface area (Å²) < 4.78 is 3.74. The Kier molecular flexibility index (Phi) is 5.89. The monoisotopic (exact) mass is 395 g/mol. The number of allylic oxidation sites excluding steroid dienone is 1. The zero-order valence-corrected chi connectivity index (χ0v) is 17.5. The summed E-state index contributed by atoms with van der Waals surface area (Å²) in [5.41, 5.74) is 3.28. The smallest absolute Gasteiger partial charge is 0.262 e. The number of carbonyl (C=O) groups excluding carboxylic acids is 1. The Morgan fingerprint density at radius 3 is 2.68 bits per heavy atom. The van der Waals surface area contributed by atoms with Crippen LogP contribution in [-0.2, 0) is 6.54 Å². The van der Waals surface area contributed by atoms with Gasteiger partial charge in [0.1, 0.15) is 0 Å². The Morgan fingerprint density at radius 1 is 1.29 bits per heavy atom. The first-order valence-electron chi connectivity index (χ1n) is 9.30. The zero-order chi connectivity index (χ0) is 20.4. The number of aryl methyl sites for hydroxylation is 1. The highest BCUT2D eigenvalue weighted by atomic mass is 32.2. The summed E-state index contributed by atoms with van der Waals surface area (Å²) in [5.74, 6) is 0.265. The second kappa shape index (κ2) is 8.19. The minimum Gasteiger partial charge on any atom is -0.345 e. The van der Waals surface area contributed by atoms with Gasteiger partial charge >= 0.3 is 0 Å². The van der Waals surface area contributed by atoms with Crippen molar-refractivity contribution in [3.8, 4) is 0 Å². The molecule has 0 aliphatic rings. The first kappa shape index (κ1) is 20.1. The summed E-state index contributed by atoms with van der Waals surface area (Å²) >= 11 is 1.32. The predicted octanol–water partition coefficient (Wildman–Crippen LogP) is 4.56. The lowest BCUT2D eigenvalue weighted by Crippen LogP contribution is -2.25. The summed E-state index contributed by atoms with van der Waals surface area (Å²) in [6.45, 7) is 12.3. The number of nitrogens with zero attached hydrogens (tertiary/aromatic N) is 3. The SMILES string of the molecule is C=CCn1c(C)cc(C(=O)CSc2nc3ccccc3c(=O)n2C(C)C)c1C. The first-order valence-corrected chi connectivity index (χ1v) is 10.3. The van der Waals surface area contributed by atoms with Gasteiger partial charge in [-0.25, -0.2) is 4.98 Å². The minimum atomic E-state index is -0.0697. The van der Waals surface area contributed by atoms with Crippen LogP contribution in [-0.4, -0.2) is 25.7 Å². The number of Topliss-reactive ketones (excluding diaryl/α,β-unsaturated/α-hetero) is 1. The first-order chi connectivity index (χ1) is 13.3. The molecule has 1 aromatic carbocycles. The van der Waals surface area contributed by atoms with E-state index in [1.54, 1.807) is 10.6 Å². The van der Waals surface area contributed by atoms with Crippen LogP contribution in [0.3, 0.4) is 0 Å². The number of benzene rings is 1. The number of ketones is 1. The number of hydrogen-bond acceptors (Lipinski definition) is 4. The maximum atomic E-state index is 12.9. The van der Waals surface area contributed by atoms with Crippen LogP contribution in [0.4, 0.5) is 0 Å². The molecule has 0 radical (unpaired) electrons. The molecular weight excluding hydrogens is 370 g/mol. The number of fused-ring (bicyclic) bond motifs is 1. The molecule has 0 saturated carbocycles. The number of hydrogen-bond donors (Lipinski definition) is 0. The van der Waals surface area contributed by atoms with E-state index in [1.165, 1.54) is 11.8 Å². The molecule has 3 aromatic rings. The van der Waals surface area contributed by atoms with E-state index in [4.69, 9.17) is 0 Å². The molecule has 0 aliphatic carbocycles. The molecule has 0 amide bonds. The molecule has 0 atom stereocenters. The fourth-order valence-electron chi connectivity index (χ4n) is 3.38. The highest BCUT2D eigenvalue weighted by Crippen LogP contribution is 2.23. The quantitative estimate of drug-likeness (QED) is 0.255. The second-order valence-electron chi connectivity index (χ2n) is 7.08. The average molecular weight is 396 g/mol. The summed E-state index contributed by atoms with van der Waals surface area (Å²) in [7, 11) is 0. The van der Waals surface area contributed by atoms with E-state index >= 15 is 0 Å². The largest absolute Gasteiger partial charge is 0.345 e. The minimum absolute atomic E-state index is 0.0334. The summed E-state index contributed by atoms with van der Waals surface area (Å²) in [5, 5.41) is 1.17. The number of para-hydroxylation sites is 1. The van der Waals surface area contributed by atoms with E-state index in [0.29, 0.717) is 28.2 Å². The van der Waals surface area contributed by atoms with Crippen molar-refractivity contribution >= 4 is 28.4 Å². The van der Waals surface area contributed by atoms with Gasteiger partial charge in [-0.05, 0) is 45.9 Å². The van der Waals surface area contributed by atoms with Crippen molar-refractivity contribution in [3.63, 3.8) is 0 Å². The van der Waals surface area contributed by atoms with Crippen molar-refractivity contribution in [2.75, 3.05) is 5.75 Å². The van der Waals surface area contributed by atoms with E-state index in [1.807, 2.05) is 58.0 Å². The Balaban J connectivity index is 1.92. The molecule has 0 saturated heterocycles. The van der Waals surface area contributed by atoms with Crippen LogP contribution in [0.1, 0.15) is 41.6 Å². The molecule has 0 fully saturated rings. The third-order valence-corrected chi connectivity index (χ3v) is 5.76. The molecule has 5 nitrogen and oxygen atoms in total. The molecule has 28 heavy (non-hydrogen) atoms. The lowest BCUT2D eigenvalue weighted by atomic mass is 10.2. The van der Waals surface area contributed by atoms with Crippen molar-refractivity contribution < 1.29 is 4.79 Å². The summed E-state index contributed by atoms with van der Waals surface area (Å²) in [6.07, 6.45) is 1.82. The van der Waals surface area contributed by atoms with Crippen LogP contribution in [0.25, 0.3) is 10.9 Å². The molecule has 0 N–H and O–H groups in total. The van der Waals surface area contributed by atoms with Crippen molar-refractivity contribution in [3.05, 3.63) is 70.3 Å². The normalized spacial score (nSPS) is 11.3. The highest BCUT2D eigenvalue weighted by Gasteiger charge is 2.18. The van der Waals surface area contributed by atoms with E-state index in [2.05, 4.69) is 16.1 Å². The van der Waals surface area contributed by atoms with E-state index in [-0.39, 0.29) is 23.1 Å². The molecule has 2 heterocycles. The molecule has 0 bridgehead atoms. The molecule has 0 unspecified atom stereocenters. The fraction of sp³-hybridized carbons (Fsp3) is 0.318. The van der Waals surface area contributed by atoms with Gasteiger partial charge in [-0.15, -0.1) is 6.58 Å². The van der Waals surface area contributed by atoms with Gasteiger partial charge in [0.2, 0.25) is 0 Å². The van der Waals surface area contributed by atoms with Crippen LogP contribution in [0.15, 0.2) is 52.9 Å².